The molecule has 1 aromatic heterocycles. The zero-order valence-corrected chi connectivity index (χ0v) is 7.87. The van der Waals surface area contributed by atoms with E-state index in [0.717, 1.165) is 6.07 Å². The lowest BCUT2D eigenvalue weighted by Crippen LogP contribution is -2.13. The van der Waals surface area contributed by atoms with Gasteiger partial charge in [-0.25, -0.2) is 9.37 Å². The minimum atomic E-state index is -0.597. The lowest BCUT2D eigenvalue weighted by molar-refractivity contribution is 0.112. The standard InChI is InChI=1S/C10H7FN2O2/c1-5-10(15)13-9-7(11)3-2-6(4-14)8(9)12-5/h2-4H,1H3,(H,13,15). The highest BCUT2D eigenvalue weighted by Gasteiger charge is 2.09. The van der Waals surface area contributed by atoms with E-state index in [1.807, 2.05) is 0 Å². The number of H-pyrrole nitrogens is 1. The van der Waals surface area contributed by atoms with Gasteiger partial charge in [-0.1, -0.05) is 0 Å². The number of aryl methyl sites for hydroxylation is 1. The average Bonchev–Trinajstić information content (AvgIpc) is 2.22. The van der Waals surface area contributed by atoms with Gasteiger partial charge < -0.3 is 4.98 Å². The van der Waals surface area contributed by atoms with Crippen LogP contribution in [0.2, 0.25) is 0 Å². The molecule has 0 aliphatic rings. The number of rotatable bonds is 1. The molecule has 0 spiro atoms. The monoisotopic (exact) mass is 206 g/mol. The zero-order valence-electron chi connectivity index (χ0n) is 7.87. The van der Waals surface area contributed by atoms with Crippen LogP contribution in [0.5, 0.6) is 0 Å². The molecule has 0 saturated heterocycles. The van der Waals surface area contributed by atoms with Gasteiger partial charge in [-0.15, -0.1) is 0 Å². The molecule has 15 heavy (non-hydrogen) atoms. The van der Waals surface area contributed by atoms with Gasteiger partial charge in [0.05, 0.1) is 0 Å². The first-order chi connectivity index (χ1) is 7.13. The Morgan fingerprint density at radius 2 is 2.20 bits per heavy atom. The van der Waals surface area contributed by atoms with Crippen LogP contribution in [0, 0.1) is 12.7 Å². The summed E-state index contributed by atoms with van der Waals surface area (Å²) in [5.41, 5.74) is 0.156. The molecular weight excluding hydrogens is 199 g/mol. The lowest BCUT2D eigenvalue weighted by atomic mass is 10.2. The molecule has 4 nitrogen and oxygen atoms in total. The van der Waals surface area contributed by atoms with E-state index in [1.54, 1.807) is 0 Å². The Bertz CT molecular complexity index is 604. The van der Waals surface area contributed by atoms with Crippen LogP contribution in [0.15, 0.2) is 16.9 Å². The molecule has 2 rings (SSSR count). The first-order valence-electron chi connectivity index (χ1n) is 4.28. The number of aromatic nitrogens is 2. The van der Waals surface area contributed by atoms with Gasteiger partial charge in [-0.2, -0.15) is 0 Å². The fourth-order valence-corrected chi connectivity index (χ4v) is 1.34. The van der Waals surface area contributed by atoms with Crippen molar-refractivity contribution in [2.75, 3.05) is 0 Å². The SMILES string of the molecule is Cc1nc2c(C=O)ccc(F)c2[nH]c1=O. The van der Waals surface area contributed by atoms with E-state index in [1.165, 1.54) is 13.0 Å². The predicted molar refractivity (Wildman–Crippen MR) is 52.4 cm³/mol. The second-order valence-electron chi connectivity index (χ2n) is 3.13. The number of nitrogens with one attached hydrogen (secondary N) is 1. The van der Waals surface area contributed by atoms with Crippen LogP contribution in [0.3, 0.4) is 0 Å². The van der Waals surface area contributed by atoms with Gasteiger partial charge in [-0.3, -0.25) is 9.59 Å². The molecule has 0 unspecified atom stereocenters. The molecule has 0 fully saturated rings. The summed E-state index contributed by atoms with van der Waals surface area (Å²) < 4.78 is 13.3. The molecule has 0 amide bonds. The molecule has 0 aliphatic heterocycles. The molecule has 0 atom stereocenters. The van der Waals surface area contributed by atoms with Gasteiger partial charge in [0.1, 0.15) is 22.5 Å². The highest BCUT2D eigenvalue weighted by atomic mass is 19.1. The van der Waals surface area contributed by atoms with Crippen LogP contribution >= 0.6 is 0 Å². The highest BCUT2D eigenvalue weighted by molar-refractivity contribution is 5.93. The normalized spacial score (nSPS) is 10.5. The minimum absolute atomic E-state index is 0.0322. The summed E-state index contributed by atoms with van der Waals surface area (Å²) in [6.45, 7) is 1.50. The van der Waals surface area contributed by atoms with Gasteiger partial charge in [0, 0.05) is 5.56 Å². The van der Waals surface area contributed by atoms with Crippen LogP contribution in [-0.2, 0) is 0 Å². The van der Waals surface area contributed by atoms with Crippen molar-refractivity contribution in [2.45, 2.75) is 6.92 Å². The van der Waals surface area contributed by atoms with E-state index in [2.05, 4.69) is 9.97 Å². The maximum Gasteiger partial charge on any atom is 0.269 e. The molecule has 0 saturated carbocycles. The summed E-state index contributed by atoms with van der Waals surface area (Å²) in [7, 11) is 0. The largest absolute Gasteiger partial charge is 0.317 e. The minimum Gasteiger partial charge on any atom is -0.317 e. The molecule has 0 aliphatic carbocycles. The predicted octanol–water partition coefficient (Wildman–Crippen LogP) is 1.18. The van der Waals surface area contributed by atoms with E-state index in [-0.39, 0.29) is 22.3 Å². The van der Waals surface area contributed by atoms with Crippen molar-refractivity contribution in [3.05, 3.63) is 39.6 Å². The second-order valence-corrected chi connectivity index (χ2v) is 3.13. The number of fused-ring (bicyclic) bond motifs is 1. The number of aldehydes is 1. The number of hydrogen-bond acceptors (Lipinski definition) is 3. The first-order valence-corrected chi connectivity index (χ1v) is 4.28. The summed E-state index contributed by atoms with van der Waals surface area (Å²) in [6.07, 6.45) is 0.576. The van der Waals surface area contributed by atoms with Crippen molar-refractivity contribution in [3.63, 3.8) is 0 Å². The Morgan fingerprint density at radius 1 is 1.47 bits per heavy atom. The van der Waals surface area contributed by atoms with Gasteiger partial charge in [-0.05, 0) is 19.1 Å². The Morgan fingerprint density at radius 3 is 2.87 bits per heavy atom. The van der Waals surface area contributed by atoms with E-state index >= 15 is 0 Å². The van der Waals surface area contributed by atoms with Gasteiger partial charge in [0.2, 0.25) is 0 Å². The molecule has 0 radical (unpaired) electrons. The number of carbonyl (C=O) groups excluding carboxylic acids is 1. The van der Waals surface area contributed by atoms with Crippen LogP contribution in [-0.4, -0.2) is 16.3 Å². The fourth-order valence-electron chi connectivity index (χ4n) is 1.34. The van der Waals surface area contributed by atoms with Crippen molar-refractivity contribution >= 4 is 17.3 Å². The maximum absolute atomic E-state index is 13.3. The third-order valence-corrected chi connectivity index (χ3v) is 2.13. The van der Waals surface area contributed by atoms with E-state index in [9.17, 15) is 14.0 Å². The van der Waals surface area contributed by atoms with Crippen LogP contribution < -0.4 is 5.56 Å². The fraction of sp³-hybridized carbons (Fsp3) is 0.100. The lowest BCUT2D eigenvalue weighted by Gasteiger charge is -2.01. The molecule has 5 heteroatoms. The highest BCUT2D eigenvalue weighted by Crippen LogP contribution is 2.15. The van der Waals surface area contributed by atoms with Gasteiger partial charge in [0.25, 0.3) is 5.56 Å². The van der Waals surface area contributed by atoms with Crippen molar-refractivity contribution in [1.82, 2.24) is 9.97 Å². The summed E-state index contributed by atoms with van der Waals surface area (Å²) in [5, 5.41) is 0. The van der Waals surface area contributed by atoms with Crippen molar-refractivity contribution in [2.24, 2.45) is 0 Å². The van der Waals surface area contributed by atoms with E-state index in [4.69, 9.17) is 0 Å². The molecule has 1 aromatic carbocycles. The quantitative estimate of drug-likeness (QED) is 0.712. The zero-order chi connectivity index (χ0) is 11.0. The summed E-state index contributed by atoms with van der Waals surface area (Å²) in [6, 6.07) is 2.45. The van der Waals surface area contributed by atoms with Gasteiger partial charge in [0.15, 0.2) is 6.29 Å². The van der Waals surface area contributed by atoms with E-state index < -0.39 is 11.4 Å². The topological polar surface area (TPSA) is 62.8 Å². The molecule has 0 bridgehead atoms. The molecular formula is C10H7FN2O2. The van der Waals surface area contributed by atoms with Crippen molar-refractivity contribution < 1.29 is 9.18 Å². The van der Waals surface area contributed by atoms with Gasteiger partial charge >= 0.3 is 0 Å². The van der Waals surface area contributed by atoms with Crippen LogP contribution in [0.25, 0.3) is 11.0 Å². The number of halogens is 1. The molecule has 1 heterocycles. The Kier molecular flexibility index (Phi) is 2.07. The smallest absolute Gasteiger partial charge is 0.269 e. The first kappa shape index (κ1) is 9.51. The Hall–Kier alpha value is -2.04. The summed E-state index contributed by atoms with van der Waals surface area (Å²) in [4.78, 5) is 28.1. The Balaban J connectivity index is 3.01. The number of nitrogens with zero attached hydrogens (tertiary/aromatic N) is 1. The maximum atomic E-state index is 13.3. The van der Waals surface area contributed by atoms with Crippen LogP contribution in [0.4, 0.5) is 4.39 Å². The molecule has 1 N–H and O–H groups in total. The third-order valence-electron chi connectivity index (χ3n) is 2.13. The van der Waals surface area contributed by atoms with Crippen molar-refractivity contribution in [3.8, 4) is 0 Å². The number of benzene rings is 1. The summed E-state index contributed by atoms with van der Waals surface area (Å²) in [5.74, 6) is -0.597. The number of hydrogen-bond donors (Lipinski definition) is 1. The second kappa shape index (κ2) is 3.27. The summed E-state index contributed by atoms with van der Waals surface area (Å²) >= 11 is 0. The van der Waals surface area contributed by atoms with Crippen LogP contribution in [0.1, 0.15) is 16.1 Å². The third kappa shape index (κ3) is 1.41. The van der Waals surface area contributed by atoms with Crippen molar-refractivity contribution in [1.29, 1.82) is 0 Å². The number of aromatic amines is 1. The van der Waals surface area contributed by atoms with E-state index in [0.29, 0.717) is 6.29 Å². The Labute approximate surface area is 83.8 Å². The average molecular weight is 206 g/mol. The number of carbonyl (C=O) groups is 1. The molecule has 2 aromatic rings. The molecule has 76 valence electrons.